The number of benzene rings is 1. The Labute approximate surface area is 95.0 Å². The van der Waals surface area contributed by atoms with Crippen LogP contribution in [0.3, 0.4) is 0 Å². The molecular weight excluding hydrogens is 204 g/mol. The Morgan fingerprint density at radius 3 is 2.62 bits per heavy atom. The lowest BCUT2D eigenvalue weighted by Gasteiger charge is -2.17. The van der Waals surface area contributed by atoms with E-state index in [1.165, 1.54) is 5.56 Å². The van der Waals surface area contributed by atoms with Gasteiger partial charge in [-0.15, -0.1) is 0 Å². The van der Waals surface area contributed by atoms with Crippen molar-refractivity contribution < 1.29 is 14.6 Å². The number of ether oxygens (including phenoxy) is 1. The SMILES string of the molecule is CC(c1ccc(C(=O)O)cc1)C1CCOC1. The van der Waals surface area contributed by atoms with Gasteiger partial charge < -0.3 is 9.84 Å². The molecule has 0 bridgehead atoms. The monoisotopic (exact) mass is 220 g/mol. The van der Waals surface area contributed by atoms with Crippen molar-refractivity contribution in [2.75, 3.05) is 13.2 Å². The highest BCUT2D eigenvalue weighted by Gasteiger charge is 2.23. The van der Waals surface area contributed by atoms with E-state index in [1.807, 2.05) is 12.1 Å². The molecule has 1 aliphatic heterocycles. The Morgan fingerprint density at radius 1 is 1.44 bits per heavy atom. The molecule has 86 valence electrons. The van der Waals surface area contributed by atoms with E-state index in [0.29, 0.717) is 17.4 Å². The summed E-state index contributed by atoms with van der Waals surface area (Å²) < 4.78 is 5.37. The number of rotatable bonds is 3. The zero-order valence-electron chi connectivity index (χ0n) is 9.35. The van der Waals surface area contributed by atoms with Crippen LogP contribution >= 0.6 is 0 Å². The molecule has 1 aromatic carbocycles. The lowest BCUT2D eigenvalue weighted by atomic mass is 9.87. The fraction of sp³-hybridized carbons (Fsp3) is 0.462. The normalized spacial score (nSPS) is 21.9. The van der Waals surface area contributed by atoms with Crippen LogP contribution in [0, 0.1) is 5.92 Å². The Hall–Kier alpha value is -1.35. The number of carbonyl (C=O) groups is 1. The van der Waals surface area contributed by atoms with E-state index < -0.39 is 5.97 Å². The predicted octanol–water partition coefficient (Wildman–Crippen LogP) is 2.52. The zero-order chi connectivity index (χ0) is 11.5. The van der Waals surface area contributed by atoms with Crippen LogP contribution in [0.25, 0.3) is 0 Å². The van der Waals surface area contributed by atoms with Crippen molar-refractivity contribution in [2.24, 2.45) is 5.92 Å². The summed E-state index contributed by atoms with van der Waals surface area (Å²) in [6.45, 7) is 3.85. The highest BCUT2D eigenvalue weighted by atomic mass is 16.5. The predicted molar refractivity (Wildman–Crippen MR) is 60.7 cm³/mol. The molecular formula is C13H16O3. The molecule has 2 atom stereocenters. The molecule has 0 amide bonds. The van der Waals surface area contributed by atoms with Crippen molar-refractivity contribution in [3.63, 3.8) is 0 Å². The maximum absolute atomic E-state index is 10.7. The Bertz CT molecular complexity index is 363. The van der Waals surface area contributed by atoms with E-state index in [2.05, 4.69) is 6.92 Å². The van der Waals surface area contributed by atoms with Gasteiger partial charge in [-0.05, 0) is 36.0 Å². The van der Waals surface area contributed by atoms with Crippen molar-refractivity contribution in [2.45, 2.75) is 19.3 Å². The molecule has 1 fully saturated rings. The molecule has 0 saturated carbocycles. The fourth-order valence-electron chi connectivity index (χ4n) is 2.15. The Morgan fingerprint density at radius 2 is 2.12 bits per heavy atom. The summed E-state index contributed by atoms with van der Waals surface area (Å²) in [4.78, 5) is 10.7. The molecule has 2 rings (SSSR count). The second-order valence-corrected chi connectivity index (χ2v) is 4.34. The van der Waals surface area contributed by atoms with Crippen molar-refractivity contribution in [3.05, 3.63) is 35.4 Å². The molecule has 1 aromatic rings. The first-order valence-electron chi connectivity index (χ1n) is 5.59. The van der Waals surface area contributed by atoms with E-state index in [4.69, 9.17) is 9.84 Å². The first-order valence-corrected chi connectivity index (χ1v) is 5.59. The van der Waals surface area contributed by atoms with E-state index >= 15 is 0 Å². The highest BCUT2D eigenvalue weighted by molar-refractivity contribution is 5.87. The molecule has 0 aliphatic carbocycles. The molecule has 3 nitrogen and oxygen atoms in total. The average Bonchev–Trinajstić information content (AvgIpc) is 2.81. The molecule has 1 heterocycles. The van der Waals surface area contributed by atoms with Gasteiger partial charge in [0, 0.05) is 6.61 Å². The van der Waals surface area contributed by atoms with Crippen LogP contribution in [0.1, 0.15) is 35.2 Å². The summed E-state index contributed by atoms with van der Waals surface area (Å²) in [7, 11) is 0. The van der Waals surface area contributed by atoms with Crippen molar-refractivity contribution in [1.82, 2.24) is 0 Å². The third-order valence-corrected chi connectivity index (χ3v) is 3.36. The van der Waals surface area contributed by atoms with Crippen LogP contribution in [-0.4, -0.2) is 24.3 Å². The molecule has 16 heavy (non-hydrogen) atoms. The smallest absolute Gasteiger partial charge is 0.335 e. The Kier molecular flexibility index (Phi) is 3.25. The third-order valence-electron chi connectivity index (χ3n) is 3.36. The van der Waals surface area contributed by atoms with E-state index in [0.717, 1.165) is 19.6 Å². The minimum absolute atomic E-state index is 0.346. The third kappa shape index (κ3) is 2.25. The Balaban J connectivity index is 2.11. The van der Waals surface area contributed by atoms with E-state index in [-0.39, 0.29) is 0 Å². The van der Waals surface area contributed by atoms with Crippen molar-refractivity contribution in [1.29, 1.82) is 0 Å². The van der Waals surface area contributed by atoms with Gasteiger partial charge >= 0.3 is 5.97 Å². The quantitative estimate of drug-likeness (QED) is 0.851. The van der Waals surface area contributed by atoms with Gasteiger partial charge in [-0.1, -0.05) is 19.1 Å². The van der Waals surface area contributed by atoms with Crippen LogP contribution in [0.2, 0.25) is 0 Å². The summed E-state index contributed by atoms with van der Waals surface area (Å²) in [6.07, 6.45) is 1.10. The summed E-state index contributed by atoms with van der Waals surface area (Å²) >= 11 is 0. The number of carboxylic acids is 1. The zero-order valence-corrected chi connectivity index (χ0v) is 9.35. The number of hydrogen-bond donors (Lipinski definition) is 1. The topological polar surface area (TPSA) is 46.5 Å². The van der Waals surface area contributed by atoms with Gasteiger partial charge in [0.1, 0.15) is 0 Å². The number of carboxylic acid groups (broad SMARTS) is 1. The van der Waals surface area contributed by atoms with Crippen LogP contribution in [0.4, 0.5) is 0 Å². The molecule has 0 aromatic heterocycles. The minimum atomic E-state index is -0.872. The molecule has 0 spiro atoms. The first-order chi connectivity index (χ1) is 7.68. The molecule has 1 N–H and O–H groups in total. The molecule has 1 aliphatic rings. The van der Waals surface area contributed by atoms with Crippen LogP contribution in [0.5, 0.6) is 0 Å². The van der Waals surface area contributed by atoms with Crippen LogP contribution in [0.15, 0.2) is 24.3 Å². The van der Waals surface area contributed by atoms with Gasteiger partial charge in [0.15, 0.2) is 0 Å². The van der Waals surface area contributed by atoms with E-state index in [1.54, 1.807) is 12.1 Å². The maximum atomic E-state index is 10.7. The van der Waals surface area contributed by atoms with Gasteiger partial charge in [-0.25, -0.2) is 4.79 Å². The summed E-state index contributed by atoms with van der Waals surface area (Å²) in [6, 6.07) is 7.16. The molecule has 1 saturated heterocycles. The lowest BCUT2D eigenvalue weighted by molar-refractivity contribution is 0.0697. The largest absolute Gasteiger partial charge is 0.478 e. The highest BCUT2D eigenvalue weighted by Crippen LogP contribution is 2.30. The van der Waals surface area contributed by atoms with Crippen LogP contribution < -0.4 is 0 Å². The van der Waals surface area contributed by atoms with Gasteiger partial charge in [0.2, 0.25) is 0 Å². The number of hydrogen-bond acceptors (Lipinski definition) is 2. The average molecular weight is 220 g/mol. The number of aromatic carboxylic acids is 1. The van der Waals surface area contributed by atoms with Gasteiger partial charge in [0.05, 0.1) is 12.2 Å². The van der Waals surface area contributed by atoms with Gasteiger partial charge in [-0.3, -0.25) is 0 Å². The second kappa shape index (κ2) is 4.66. The van der Waals surface area contributed by atoms with Gasteiger partial charge in [0.25, 0.3) is 0 Å². The van der Waals surface area contributed by atoms with Crippen molar-refractivity contribution >= 4 is 5.97 Å². The maximum Gasteiger partial charge on any atom is 0.335 e. The standard InChI is InChI=1S/C13H16O3/c1-9(12-6-7-16-8-12)10-2-4-11(5-3-10)13(14)15/h2-5,9,12H,6-8H2,1H3,(H,14,15). The summed E-state index contributed by atoms with van der Waals surface area (Å²) in [5.74, 6) is 0.129. The summed E-state index contributed by atoms with van der Waals surface area (Å²) in [5, 5.41) is 8.81. The molecule has 3 heteroatoms. The lowest BCUT2D eigenvalue weighted by Crippen LogP contribution is -2.10. The molecule has 2 unspecified atom stereocenters. The second-order valence-electron chi connectivity index (χ2n) is 4.34. The summed E-state index contributed by atoms with van der Waals surface area (Å²) in [5.41, 5.74) is 1.54. The van der Waals surface area contributed by atoms with Gasteiger partial charge in [-0.2, -0.15) is 0 Å². The molecule has 0 radical (unpaired) electrons. The van der Waals surface area contributed by atoms with Crippen molar-refractivity contribution in [3.8, 4) is 0 Å². The van der Waals surface area contributed by atoms with Crippen LogP contribution in [-0.2, 0) is 4.74 Å². The minimum Gasteiger partial charge on any atom is -0.478 e. The first kappa shape index (κ1) is 11.1. The van der Waals surface area contributed by atoms with E-state index in [9.17, 15) is 4.79 Å². The fourth-order valence-corrected chi connectivity index (χ4v) is 2.15.